The molecule has 1 aromatic carbocycles. The minimum absolute atomic E-state index is 0.177. The molecule has 88 valence electrons. The Morgan fingerprint density at radius 1 is 1.41 bits per heavy atom. The zero-order chi connectivity index (χ0) is 12.3. The van der Waals surface area contributed by atoms with Crippen LogP contribution in [0.1, 0.15) is 16.1 Å². The van der Waals surface area contributed by atoms with Crippen LogP contribution in [-0.4, -0.2) is 15.7 Å². The highest BCUT2D eigenvalue weighted by molar-refractivity contribution is 5.98. The molecule has 1 amide bonds. The van der Waals surface area contributed by atoms with Crippen LogP contribution in [0.5, 0.6) is 0 Å². The van der Waals surface area contributed by atoms with Crippen LogP contribution in [-0.2, 0) is 13.6 Å². The number of amides is 1. The number of carbonyl (C=O) groups excluding carboxylic acids is 1. The number of hydrogen-bond donors (Lipinski definition) is 2. The number of aryl methyl sites for hydroxylation is 1. The predicted octanol–water partition coefficient (Wildman–Crippen LogP) is 0.932. The van der Waals surface area contributed by atoms with Crippen LogP contribution in [0, 0.1) is 0 Å². The van der Waals surface area contributed by atoms with Gasteiger partial charge < -0.3 is 11.1 Å². The van der Waals surface area contributed by atoms with Crippen molar-refractivity contribution in [2.45, 2.75) is 6.54 Å². The maximum absolute atomic E-state index is 11.9. The van der Waals surface area contributed by atoms with Gasteiger partial charge in [-0.3, -0.25) is 9.48 Å². The molecule has 0 atom stereocenters. The lowest BCUT2D eigenvalue weighted by atomic mass is 10.1. The summed E-state index contributed by atoms with van der Waals surface area (Å²) in [5.74, 6) is -0.177. The molecule has 1 aromatic heterocycles. The van der Waals surface area contributed by atoms with E-state index in [2.05, 4.69) is 10.4 Å². The first-order valence-corrected chi connectivity index (χ1v) is 5.28. The molecule has 17 heavy (non-hydrogen) atoms. The van der Waals surface area contributed by atoms with E-state index in [1.165, 1.54) is 0 Å². The Morgan fingerprint density at radius 2 is 2.18 bits per heavy atom. The highest BCUT2D eigenvalue weighted by Crippen LogP contribution is 2.10. The molecule has 0 aliphatic carbocycles. The number of nitrogen functional groups attached to an aromatic ring is 1. The van der Waals surface area contributed by atoms with E-state index in [9.17, 15) is 4.79 Å². The number of aromatic nitrogens is 2. The molecule has 0 saturated carbocycles. The van der Waals surface area contributed by atoms with Gasteiger partial charge in [0.15, 0.2) is 0 Å². The van der Waals surface area contributed by atoms with Gasteiger partial charge in [0, 0.05) is 18.9 Å². The number of anilines is 1. The molecule has 0 saturated heterocycles. The van der Waals surface area contributed by atoms with Crippen molar-refractivity contribution in [1.29, 1.82) is 0 Å². The number of nitrogens with zero attached hydrogens (tertiary/aromatic N) is 2. The van der Waals surface area contributed by atoms with E-state index >= 15 is 0 Å². The first-order valence-electron chi connectivity index (χ1n) is 5.28. The Balaban J connectivity index is 2.04. The lowest BCUT2D eigenvalue weighted by molar-refractivity contribution is 0.0951. The minimum atomic E-state index is -0.177. The van der Waals surface area contributed by atoms with E-state index in [4.69, 9.17) is 5.73 Å². The monoisotopic (exact) mass is 230 g/mol. The third kappa shape index (κ3) is 2.44. The fourth-order valence-electron chi connectivity index (χ4n) is 1.54. The lowest BCUT2D eigenvalue weighted by Crippen LogP contribution is -2.24. The van der Waals surface area contributed by atoms with E-state index in [1.807, 2.05) is 13.1 Å². The number of rotatable bonds is 3. The van der Waals surface area contributed by atoms with Gasteiger partial charge in [0.05, 0.1) is 17.8 Å². The topological polar surface area (TPSA) is 72.9 Å². The van der Waals surface area contributed by atoms with Gasteiger partial charge in [-0.25, -0.2) is 0 Å². The second kappa shape index (κ2) is 4.69. The van der Waals surface area contributed by atoms with Crippen molar-refractivity contribution in [3.05, 3.63) is 47.8 Å². The second-order valence-corrected chi connectivity index (χ2v) is 3.72. The van der Waals surface area contributed by atoms with Crippen LogP contribution in [0.25, 0.3) is 0 Å². The molecule has 0 bridgehead atoms. The quantitative estimate of drug-likeness (QED) is 0.770. The summed E-state index contributed by atoms with van der Waals surface area (Å²) in [6, 6.07) is 8.85. The van der Waals surface area contributed by atoms with Gasteiger partial charge >= 0.3 is 0 Å². The number of para-hydroxylation sites is 1. The average molecular weight is 230 g/mol. The van der Waals surface area contributed by atoms with Crippen molar-refractivity contribution in [2.24, 2.45) is 7.05 Å². The van der Waals surface area contributed by atoms with Crippen LogP contribution < -0.4 is 11.1 Å². The summed E-state index contributed by atoms with van der Waals surface area (Å²) in [7, 11) is 1.83. The molecule has 0 unspecified atom stereocenters. The number of hydrogen-bond acceptors (Lipinski definition) is 3. The molecular formula is C12H14N4O. The van der Waals surface area contributed by atoms with Crippen LogP contribution in [0.3, 0.4) is 0 Å². The van der Waals surface area contributed by atoms with E-state index in [-0.39, 0.29) is 5.91 Å². The van der Waals surface area contributed by atoms with Gasteiger partial charge in [0.1, 0.15) is 0 Å². The van der Waals surface area contributed by atoms with Gasteiger partial charge in [-0.2, -0.15) is 5.10 Å². The van der Waals surface area contributed by atoms with Crippen LogP contribution in [0.4, 0.5) is 5.69 Å². The van der Waals surface area contributed by atoms with Gasteiger partial charge in [-0.1, -0.05) is 12.1 Å². The molecule has 0 aliphatic rings. The van der Waals surface area contributed by atoms with Crippen molar-refractivity contribution in [3.8, 4) is 0 Å². The molecule has 0 spiro atoms. The molecule has 3 N–H and O–H groups in total. The maximum atomic E-state index is 11.9. The largest absolute Gasteiger partial charge is 0.398 e. The normalized spacial score (nSPS) is 10.2. The first kappa shape index (κ1) is 11.2. The number of benzene rings is 1. The summed E-state index contributed by atoms with van der Waals surface area (Å²) in [5.41, 5.74) is 7.64. The lowest BCUT2D eigenvalue weighted by Gasteiger charge is -2.07. The van der Waals surface area contributed by atoms with Gasteiger partial charge in [-0.05, 0) is 18.2 Å². The Morgan fingerprint density at radius 3 is 2.82 bits per heavy atom. The van der Waals surface area contributed by atoms with Gasteiger partial charge in [0.2, 0.25) is 0 Å². The van der Waals surface area contributed by atoms with Crippen molar-refractivity contribution in [3.63, 3.8) is 0 Å². The SMILES string of the molecule is Cn1nccc1CNC(=O)c1ccccc1N. The fraction of sp³-hybridized carbons (Fsp3) is 0.167. The average Bonchev–Trinajstić information content (AvgIpc) is 2.72. The number of nitrogens with two attached hydrogens (primary N) is 1. The summed E-state index contributed by atoms with van der Waals surface area (Å²) in [5, 5.41) is 6.83. The van der Waals surface area contributed by atoms with E-state index in [0.717, 1.165) is 5.69 Å². The van der Waals surface area contributed by atoms with Gasteiger partial charge in [0.25, 0.3) is 5.91 Å². The summed E-state index contributed by atoms with van der Waals surface area (Å²) >= 11 is 0. The summed E-state index contributed by atoms with van der Waals surface area (Å²) in [6.07, 6.45) is 1.69. The molecule has 2 aromatic rings. The Bertz CT molecular complexity index is 533. The van der Waals surface area contributed by atoms with E-state index in [1.54, 1.807) is 35.1 Å². The molecule has 5 nitrogen and oxygen atoms in total. The Kier molecular flexibility index (Phi) is 3.09. The second-order valence-electron chi connectivity index (χ2n) is 3.72. The summed E-state index contributed by atoms with van der Waals surface area (Å²) < 4.78 is 1.72. The maximum Gasteiger partial charge on any atom is 0.253 e. The molecule has 1 heterocycles. The third-order valence-electron chi connectivity index (χ3n) is 2.56. The number of nitrogens with one attached hydrogen (secondary N) is 1. The molecule has 0 radical (unpaired) electrons. The first-order chi connectivity index (χ1) is 8.18. The van der Waals surface area contributed by atoms with Crippen molar-refractivity contribution in [2.75, 3.05) is 5.73 Å². The molecular weight excluding hydrogens is 216 g/mol. The fourth-order valence-corrected chi connectivity index (χ4v) is 1.54. The summed E-state index contributed by atoms with van der Waals surface area (Å²) in [4.78, 5) is 11.9. The highest BCUT2D eigenvalue weighted by atomic mass is 16.1. The summed E-state index contributed by atoms with van der Waals surface area (Å²) in [6.45, 7) is 0.434. The third-order valence-corrected chi connectivity index (χ3v) is 2.56. The minimum Gasteiger partial charge on any atom is -0.398 e. The van der Waals surface area contributed by atoms with E-state index in [0.29, 0.717) is 17.8 Å². The smallest absolute Gasteiger partial charge is 0.253 e. The van der Waals surface area contributed by atoms with Crippen molar-refractivity contribution in [1.82, 2.24) is 15.1 Å². The van der Waals surface area contributed by atoms with E-state index < -0.39 is 0 Å². The van der Waals surface area contributed by atoms with Crippen LogP contribution in [0.2, 0.25) is 0 Å². The van der Waals surface area contributed by atoms with Crippen LogP contribution >= 0.6 is 0 Å². The van der Waals surface area contributed by atoms with Gasteiger partial charge in [-0.15, -0.1) is 0 Å². The molecule has 0 fully saturated rings. The van der Waals surface area contributed by atoms with Crippen LogP contribution in [0.15, 0.2) is 36.5 Å². The van der Waals surface area contributed by atoms with Crippen molar-refractivity contribution < 1.29 is 4.79 Å². The molecule has 2 rings (SSSR count). The highest BCUT2D eigenvalue weighted by Gasteiger charge is 2.08. The zero-order valence-corrected chi connectivity index (χ0v) is 9.55. The Labute approximate surface area is 99.2 Å². The van der Waals surface area contributed by atoms with Crippen molar-refractivity contribution >= 4 is 11.6 Å². The predicted molar refractivity (Wildman–Crippen MR) is 65.2 cm³/mol. The Hall–Kier alpha value is -2.30. The number of carbonyl (C=O) groups is 1. The zero-order valence-electron chi connectivity index (χ0n) is 9.55. The molecule has 5 heteroatoms. The standard InChI is InChI=1S/C12H14N4O/c1-16-9(6-7-15-16)8-14-12(17)10-4-2-3-5-11(10)13/h2-7H,8,13H2,1H3,(H,14,17). The molecule has 0 aliphatic heterocycles.